The second-order valence-corrected chi connectivity index (χ2v) is 9.37. The molecule has 1 saturated carbocycles. The Morgan fingerprint density at radius 3 is 2.21 bits per heavy atom. The monoisotopic (exact) mass is 330 g/mol. The highest BCUT2D eigenvalue weighted by atomic mass is 16.5. The fraction of sp³-hybridized carbons (Fsp3) is 0.727. The van der Waals surface area contributed by atoms with E-state index in [0.717, 1.165) is 13.2 Å². The van der Waals surface area contributed by atoms with Crippen LogP contribution in [0, 0.1) is 11.8 Å². The Hall–Kier alpha value is -0.860. The molecule has 1 N–H and O–H groups in total. The minimum absolute atomic E-state index is 0.0522. The molecule has 1 aromatic rings. The van der Waals surface area contributed by atoms with Gasteiger partial charge in [-0.25, -0.2) is 0 Å². The predicted molar refractivity (Wildman–Crippen MR) is 99.6 cm³/mol. The summed E-state index contributed by atoms with van der Waals surface area (Å²) in [5, 5.41) is 9.84. The lowest BCUT2D eigenvalue weighted by molar-refractivity contribution is 0.126. The molecular formula is C22H34O2. The first kappa shape index (κ1) is 17.9. The van der Waals surface area contributed by atoms with Crippen molar-refractivity contribution in [1.29, 1.82) is 0 Å². The highest BCUT2D eigenvalue weighted by Gasteiger charge is 2.61. The van der Waals surface area contributed by atoms with Gasteiger partial charge in [0.25, 0.3) is 0 Å². The van der Waals surface area contributed by atoms with Gasteiger partial charge in [-0.05, 0) is 59.1 Å². The fourth-order valence-electron chi connectivity index (χ4n) is 4.90. The number of rotatable bonds is 5. The number of hydrogen-bond donors (Lipinski definition) is 1. The molecule has 0 amide bonds. The van der Waals surface area contributed by atoms with Gasteiger partial charge in [0.2, 0.25) is 0 Å². The van der Waals surface area contributed by atoms with Crippen molar-refractivity contribution in [3.05, 3.63) is 34.9 Å². The third-order valence-corrected chi connectivity index (χ3v) is 7.09. The topological polar surface area (TPSA) is 29.5 Å². The zero-order valence-corrected chi connectivity index (χ0v) is 16.3. The van der Waals surface area contributed by atoms with Crippen molar-refractivity contribution in [1.82, 2.24) is 0 Å². The molecule has 2 nitrogen and oxygen atoms in total. The molecule has 134 valence electrons. The number of aliphatic hydroxyl groups excluding tert-OH is 1. The molecule has 0 aromatic heterocycles. The van der Waals surface area contributed by atoms with Crippen LogP contribution in [0.4, 0.5) is 0 Å². The molecule has 2 aliphatic rings. The maximum Gasteiger partial charge on any atom is 0.0506 e. The van der Waals surface area contributed by atoms with Crippen LogP contribution in [-0.2, 0) is 21.0 Å². The van der Waals surface area contributed by atoms with E-state index in [9.17, 15) is 5.11 Å². The van der Waals surface area contributed by atoms with Crippen LogP contribution in [0.2, 0.25) is 0 Å². The van der Waals surface area contributed by atoms with Crippen LogP contribution >= 0.6 is 0 Å². The zero-order chi connectivity index (χ0) is 17.8. The first-order valence-electron chi connectivity index (χ1n) is 9.52. The minimum atomic E-state index is 0.0522. The highest BCUT2D eigenvalue weighted by molar-refractivity contribution is 5.48. The number of aliphatic hydroxyl groups is 1. The van der Waals surface area contributed by atoms with Crippen LogP contribution in [0.25, 0.3) is 0 Å². The molecule has 24 heavy (non-hydrogen) atoms. The molecule has 2 unspecified atom stereocenters. The Kier molecular flexibility index (Phi) is 4.37. The van der Waals surface area contributed by atoms with E-state index in [4.69, 9.17) is 4.74 Å². The minimum Gasteiger partial charge on any atom is -0.396 e. The molecule has 0 radical (unpaired) electrons. The van der Waals surface area contributed by atoms with Crippen molar-refractivity contribution in [3.8, 4) is 0 Å². The summed E-state index contributed by atoms with van der Waals surface area (Å²) in [5.41, 5.74) is 4.95. The van der Waals surface area contributed by atoms with Crippen LogP contribution in [0.15, 0.2) is 18.2 Å². The van der Waals surface area contributed by atoms with Crippen LogP contribution in [-0.4, -0.2) is 24.9 Å². The molecule has 1 fully saturated rings. The molecule has 2 heteroatoms. The van der Waals surface area contributed by atoms with Gasteiger partial charge in [-0.1, -0.05) is 52.8 Å². The molecule has 2 aliphatic carbocycles. The van der Waals surface area contributed by atoms with E-state index >= 15 is 0 Å². The second kappa shape index (κ2) is 5.85. The van der Waals surface area contributed by atoms with Crippen LogP contribution < -0.4 is 0 Å². The average molecular weight is 331 g/mol. The van der Waals surface area contributed by atoms with Crippen molar-refractivity contribution in [3.63, 3.8) is 0 Å². The lowest BCUT2D eigenvalue weighted by atomic mass is 9.62. The lowest BCUT2D eigenvalue weighted by Crippen LogP contribution is -2.34. The maximum absolute atomic E-state index is 9.84. The molecule has 0 bridgehead atoms. The first-order chi connectivity index (χ1) is 11.2. The van der Waals surface area contributed by atoms with Crippen molar-refractivity contribution in [2.75, 3.05) is 19.8 Å². The summed E-state index contributed by atoms with van der Waals surface area (Å²) in [6.07, 6.45) is 2.48. The Balaban J connectivity index is 1.99. The maximum atomic E-state index is 9.84. The van der Waals surface area contributed by atoms with E-state index in [1.54, 1.807) is 0 Å². The number of fused-ring (bicyclic) bond motifs is 1. The van der Waals surface area contributed by atoms with Crippen molar-refractivity contribution in [2.24, 2.45) is 11.8 Å². The van der Waals surface area contributed by atoms with Gasteiger partial charge >= 0.3 is 0 Å². The van der Waals surface area contributed by atoms with E-state index in [2.05, 4.69) is 52.8 Å². The van der Waals surface area contributed by atoms with Gasteiger partial charge < -0.3 is 9.84 Å². The quantitative estimate of drug-likeness (QED) is 0.857. The third-order valence-electron chi connectivity index (χ3n) is 7.09. The number of ether oxygens (including phenoxy) is 1. The van der Waals surface area contributed by atoms with Crippen LogP contribution in [0.1, 0.15) is 71.1 Å². The molecule has 0 spiro atoms. The van der Waals surface area contributed by atoms with Crippen molar-refractivity contribution >= 4 is 0 Å². The summed E-state index contributed by atoms with van der Waals surface area (Å²) < 4.78 is 5.68. The van der Waals surface area contributed by atoms with E-state index in [1.165, 1.54) is 29.5 Å². The molecule has 0 aliphatic heterocycles. The summed E-state index contributed by atoms with van der Waals surface area (Å²) in [4.78, 5) is 0. The smallest absolute Gasteiger partial charge is 0.0506 e. The van der Waals surface area contributed by atoms with Gasteiger partial charge in [-0.3, -0.25) is 0 Å². The average Bonchev–Trinajstić information content (AvgIpc) is 3.14. The summed E-state index contributed by atoms with van der Waals surface area (Å²) in [6, 6.07) is 7.13. The SMILES string of the molecule is CCOCC1[C@H](CO)C1(C)c1ccc2c(c1)C(C)(C)CCC2(C)C. The predicted octanol–water partition coefficient (Wildman–Crippen LogP) is 4.57. The van der Waals surface area contributed by atoms with Crippen LogP contribution in [0.3, 0.4) is 0 Å². The highest BCUT2D eigenvalue weighted by Crippen LogP contribution is 2.60. The van der Waals surface area contributed by atoms with Gasteiger partial charge in [-0.15, -0.1) is 0 Å². The Bertz CT molecular complexity index is 616. The molecule has 0 saturated heterocycles. The van der Waals surface area contributed by atoms with E-state index in [1.807, 2.05) is 6.92 Å². The van der Waals surface area contributed by atoms with Gasteiger partial charge in [0.1, 0.15) is 0 Å². The molecule has 0 heterocycles. The Morgan fingerprint density at radius 1 is 1.00 bits per heavy atom. The molecule has 3 rings (SSSR count). The van der Waals surface area contributed by atoms with Gasteiger partial charge in [0, 0.05) is 18.6 Å². The summed E-state index contributed by atoms with van der Waals surface area (Å²) in [5.74, 6) is 0.752. The third kappa shape index (κ3) is 2.63. The van der Waals surface area contributed by atoms with Gasteiger partial charge in [0.15, 0.2) is 0 Å². The summed E-state index contributed by atoms with van der Waals surface area (Å²) in [6.45, 7) is 15.6. The first-order valence-corrected chi connectivity index (χ1v) is 9.52. The van der Waals surface area contributed by atoms with Gasteiger partial charge in [-0.2, -0.15) is 0 Å². The van der Waals surface area contributed by atoms with Crippen LogP contribution in [0.5, 0.6) is 0 Å². The lowest BCUT2D eigenvalue weighted by Gasteiger charge is -2.42. The second-order valence-electron chi connectivity index (χ2n) is 9.37. The van der Waals surface area contributed by atoms with E-state index in [0.29, 0.717) is 11.8 Å². The Labute approximate surface area is 147 Å². The number of benzene rings is 1. The normalized spacial score (nSPS) is 33.1. The van der Waals surface area contributed by atoms with Crippen molar-refractivity contribution < 1.29 is 9.84 Å². The Morgan fingerprint density at radius 2 is 1.62 bits per heavy atom. The molecular weight excluding hydrogens is 296 g/mol. The standard InChI is InChI=1S/C22H34O2/c1-7-24-14-19-18(13-23)22(19,6)15-8-9-16-17(12-15)21(4,5)11-10-20(16,2)3/h8-9,12,18-19,23H,7,10-11,13-14H2,1-6H3/t18-,19?,22?/m0/s1. The van der Waals surface area contributed by atoms with E-state index < -0.39 is 0 Å². The molecule has 3 atom stereocenters. The fourth-order valence-corrected chi connectivity index (χ4v) is 4.90. The van der Waals surface area contributed by atoms with E-state index in [-0.39, 0.29) is 22.9 Å². The van der Waals surface area contributed by atoms with Gasteiger partial charge in [0.05, 0.1) is 6.61 Å². The number of hydrogen-bond acceptors (Lipinski definition) is 2. The summed E-state index contributed by atoms with van der Waals surface area (Å²) in [7, 11) is 0. The molecule has 1 aromatic carbocycles. The zero-order valence-electron chi connectivity index (χ0n) is 16.3. The largest absolute Gasteiger partial charge is 0.396 e. The van der Waals surface area contributed by atoms with Crippen molar-refractivity contribution in [2.45, 2.75) is 70.6 Å². The summed E-state index contributed by atoms with van der Waals surface area (Å²) >= 11 is 0.